The minimum Gasteiger partial charge on any atom is -0.376 e. The van der Waals surface area contributed by atoms with Gasteiger partial charge in [0.2, 0.25) is 0 Å². The van der Waals surface area contributed by atoms with Gasteiger partial charge in [0.15, 0.2) is 0 Å². The van der Waals surface area contributed by atoms with E-state index in [-0.39, 0.29) is 18.1 Å². The monoisotopic (exact) mass is 336 g/mol. The van der Waals surface area contributed by atoms with Crippen molar-refractivity contribution in [3.05, 3.63) is 40.4 Å². The number of hydrogen-bond acceptors (Lipinski definition) is 4. The van der Waals surface area contributed by atoms with E-state index in [1.54, 1.807) is 5.38 Å². The predicted molar refractivity (Wildman–Crippen MR) is 88.5 cm³/mol. The van der Waals surface area contributed by atoms with Crippen molar-refractivity contribution in [2.45, 2.75) is 31.9 Å². The van der Waals surface area contributed by atoms with Crippen molar-refractivity contribution in [2.75, 3.05) is 6.61 Å². The van der Waals surface area contributed by atoms with Gasteiger partial charge < -0.3 is 10.1 Å². The number of thiazole rings is 1. The van der Waals surface area contributed by atoms with Gasteiger partial charge in [0, 0.05) is 22.6 Å². The lowest BCUT2D eigenvalue weighted by atomic mass is 10.1. The molecule has 2 aromatic rings. The second kappa shape index (κ2) is 6.77. The van der Waals surface area contributed by atoms with Gasteiger partial charge in [-0.25, -0.2) is 4.98 Å². The Hall–Kier alpha value is -1.43. The number of halogens is 1. The van der Waals surface area contributed by atoms with Crippen LogP contribution in [0.5, 0.6) is 0 Å². The van der Waals surface area contributed by atoms with Crippen LogP contribution in [0.4, 0.5) is 0 Å². The van der Waals surface area contributed by atoms with Gasteiger partial charge in [-0.15, -0.1) is 11.3 Å². The topological polar surface area (TPSA) is 51.2 Å². The highest BCUT2D eigenvalue weighted by Crippen LogP contribution is 2.25. The molecule has 6 heteroatoms. The van der Waals surface area contributed by atoms with Gasteiger partial charge in [0.1, 0.15) is 10.7 Å². The lowest BCUT2D eigenvalue weighted by molar-refractivity contribution is 0.0710. The van der Waals surface area contributed by atoms with Gasteiger partial charge in [-0.3, -0.25) is 4.79 Å². The molecule has 1 aliphatic heterocycles. The summed E-state index contributed by atoms with van der Waals surface area (Å²) in [5.41, 5.74) is 1.40. The number of carbonyl (C=O) groups is 1. The number of nitrogens with zero attached hydrogens (tertiary/aromatic N) is 1. The van der Waals surface area contributed by atoms with Gasteiger partial charge in [-0.2, -0.15) is 0 Å². The van der Waals surface area contributed by atoms with Crippen molar-refractivity contribution in [1.29, 1.82) is 0 Å². The molecule has 2 heterocycles. The Morgan fingerprint density at radius 2 is 2.23 bits per heavy atom. The summed E-state index contributed by atoms with van der Waals surface area (Å²) in [6.07, 6.45) is 2.16. The molecule has 1 amide bonds. The quantitative estimate of drug-likeness (QED) is 0.924. The molecule has 22 heavy (non-hydrogen) atoms. The van der Waals surface area contributed by atoms with Gasteiger partial charge in [-0.1, -0.05) is 23.7 Å². The smallest absolute Gasteiger partial charge is 0.271 e. The highest BCUT2D eigenvalue weighted by atomic mass is 35.5. The number of rotatable bonds is 4. The molecule has 116 valence electrons. The van der Waals surface area contributed by atoms with Crippen LogP contribution >= 0.6 is 22.9 Å². The van der Waals surface area contributed by atoms with Gasteiger partial charge in [0.25, 0.3) is 5.91 Å². The standard InChI is InChI=1S/C16H17ClN2O2S/c1-10(14-3-2-8-21-14)18-15(20)13-9-22-16(19-13)11-4-6-12(17)7-5-11/h4-7,9-10,14H,2-3,8H2,1H3,(H,18,20)/t10-,14-/m0/s1. The molecule has 3 rings (SSSR count). The van der Waals surface area contributed by atoms with Gasteiger partial charge in [-0.05, 0) is 31.9 Å². The van der Waals surface area contributed by atoms with Gasteiger partial charge >= 0.3 is 0 Å². The molecule has 0 radical (unpaired) electrons. The molecular weight excluding hydrogens is 320 g/mol. The fraction of sp³-hybridized carbons (Fsp3) is 0.375. The lowest BCUT2D eigenvalue weighted by Gasteiger charge is -2.19. The van der Waals surface area contributed by atoms with Crippen LogP contribution in [0.15, 0.2) is 29.6 Å². The van der Waals surface area contributed by atoms with Crippen molar-refractivity contribution in [3.63, 3.8) is 0 Å². The Balaban J connectivity index is 1.67. The third kappa shape index (κ3) is 3.48. The van der Waals surface area contributed by atoms with Crippen molar-refractivity contribution in [3.8, 4) is 10.6 Å². The van der Waals surface area contributed by atoms with E-state index in [0.717, 1.165) is 30.0 Å². The highest BCUT2D eigenvalue weighted by Gasteiger charge is 2.24. The summed E-state index contributed by atoms with van der Waals surface area (Å²) >= 11 is 7.33. The lowest BCUT2D eigenvalue weighted by Crippen LogP contribution is -2.40. The normalized spacial score (nSPS) is 19.1. The van der Waals surface area contributed by atoms with E-state index in [4.69, 9.17) is 16.3 Å². The van der Waals surface area contributed by atoms with E-state index in [2.05, 4.69) is 10.3 Å². The number of aromatic nitrogens is 1. The van der Waals surface area contributed by atoms with Crippen LogP contribution in [0.3, 0.4) is 0 Å². The minimum atomic E-state index is -0.153. The molecule has 0 bridgehead atoms. The van der Waals surface area contributed by atoms with E-state index >= 15 is 0 Å². The van der Waals surface area contributed by atoms with E-state index in [1.165, 1.54) is 11.3 Å². The number of hydrogen-bond donors (Lipinski definition) is 1. The molecule has 0 saturated carbocycles. The van der Waals surface area contributed by atoms with Crippen molar-refractivity contribution in [1.82, 2.24) is 10.3 Å². The van der Waals surface area contributed by atoms with E-state index in [1.807, 2.05) is 31.2 Å². The number of amides is 1. The highest BCUT2D eigenvalue weighted by molar-refractivity contribution is 7.13. The Kier molecular flexibility index (Phi) is 4.76. The molecule has 1 N–H and O–H groups in total. The maximum atomic E-state index is 12.3. The first-order chi connectivity index (χ1) is 10.6. The van der Waals surface area contributed by atoms with Crippen molar-refractivity contribution < 1.29 is 9.53 Å². The average molecular weight is 337 g/mol. The Morgan fingerprint density at radius 1 is 1.45 bits per heavy atom. The second-order valence-electron chi connectivity index (χ2n) is 5.36. The number of benzene rings is 1. The molecule has 4 nitrogen and oxygen atoms in total. The molecule has 1 aromatic carbocycles. The van der Waals surface area contributed by atoms with E-state index < -0.39 is 0 Å². The zero-order valence-corrected chi connectivity index (χ0v) is 13.8. The first-order valence-electron chi connectivity index (χ1n) is 7.27. The summed E-state index contributed by atoms with van der Waals surface area (Å²) < 4.78 is 5.59. The second-order valence-corrected chi connectivity index (χ2v) is 6.65. The van der Waals surface area contributed by atoms with Crippen LogP contribution in [0.1, 0.15) is 30.3 Å². The first kappa shape index (κ1) is 15.5. The van der Waals surface area contributed by atoms with Crippen molar-refractivity contribution in [2.24, 2.45) is 0 Å². The molecule has 1 saturated heterocycles. The van der Waals surface area contributed by atoms with Crippen molar-refractivity contribution >= 4 is 28.8 Å². The zero-order chi connectivity index (χ0) is 15.5. The Morgan fingerprint density at radius 3 is 2.91 bits per heavy atom. The third-order valence-electron chi connectivity index (χ3n) is 3.71. The van der Waals surface area contributed by atoms with Crippen LogP contribution in [0.25, 0.3) is 10.6 Å². The molecule has 1 aromatic heterocycles. The molecule has 0 aliphatic carbocycles. The summed E-state index contributed by atoms with van der Waals surface area (Å²) in [5, 5.41) is 6.25. The molecule has 1 aliphatic rings. The summed E-state index contributed by atoms with van der Waals surface area (Å²) in [4.78, 5) is 16.7. The number of carbonyl (C=O) groups excluding carboxylic acids is 1. The molecule has 1 fully saturated rings. The summed E-state index contributed by atoms with van der Waals surface area (Å²) in [6, 6.07) is 7.43. The van der Waals surface area contributed by atoms with Crippen LogP contribution in [-0.2, 0) is 4.74 Å². The average Bonchev–Trinajstić information content (AvgIpc) is 3.20. The van der Waals surface area contributed by atoms with E-state index in [0.29, 0.717) is 10.7 Å². The van der Waals surface area contributed by atoms with E-state index in [9.17, 15) is 4.79 Å². The molecule has 0 spiro atoms. The third-order valence-corrected chi connectivity index (χ3v) is 4.85. The molecular formula is C16H17ClN2O2S. The maximum Gasteiger partial charge on any atom is 0.271 e. The van der Waals surface area contributed by atoms with Gasteiger partial charge in [0.05, 0.1) is 12.1 Å². The molecule has 0 unspecified atom stereocenters. The van der Waals surface area contributed by atoms with Crippen LogP contribution in [-0.4, -0.2) is 29.6 Å². The first-order valence-corrected chi connectivity index (χ1v) is 8.53. The van der Waals surface area contributed by atoms with Crippen LogP contribution < -0.4 is 5.32 Å². The summed E-state index contributed by atoms with van der Waals surface area (Å²) in [6.45, 7) is 2.75. The minimum absolute atomic E-state index is 0.00400. The SMILES string of the molecule is C[C@H](NC(=O)c1csc(-c2ccc(Cl)cc2)n1)[C@@H]1CCCO1. The largest absolute Gasteiger partial charge is 0.376 e. The number of ether oxygens (including phenoxy) is 1. The maximum absolute atomic E-state index is 12.3. The molecule has 2 atom stereocenters. The zero-order valence-electron chi connectivity index (χ0n) is 12.2. The fourth-order valence-corrected chi connectivity index (χ4v) is 3.41. The van der Waals surface area contributed by atoms with Crippen LogP contribution in [0, 0.1) is 0 Å². The number of nitrogens with one attached hydrogen (secondary N) is 1. The van der Waals surface area contributed by atoms with Crippen LogP contribution in [0.2, 0.25) is 5.02 Å². The predicted octanol–water partition coefficient (Wildman–Crippen LogP) is 3.76. The summed E-state index contributed by atoms with van der Waals surface area (Å²) in [5.74, 6) is -0.153. The summed E-state index contributed by atoms with van der Waals surface area (Å²) in [7, 11) is 0. The fourth-order valence-electron chi connectivity index (χ4n) is 2.47. The Labute approximate surface area is 138 Å². The Bertz CT molecular complexity index is 650.